The molecule has 5 rings (SSSR count). The summed E-state index contributed by atoms with van der Waals surface area (Å²) < 4.78 is 15.7. The van der Waals surface area contributed by atoms with Gasteiger partial charge in [-0.15, -0.1) is 0 Å². The number of halogens is 1. The average Bonchev–Trinajstić information content (AvgIpc) is 3.37. The summed E-state index contributed by atoms with van der Waals surface area (Å²) in [6.45, 7) is 1.93. The second-order valence-corrected chi connectivity index (χ2v) is 8.56. The Bertz CT molecular complexity index is 1320. The molecule has 1 atom stereocenters. The van der Waals surface area contributed by atoms with Crippen molar-refractivity contribution in [2.24, 2.45) is 0 Å². The Morgan fingerprint density at radius 3 is 2.69 bits per heavy atom. The van der Waals surface area contributed by atoms with E-state index in [1.165, 1.54) is 18.2 Å². The van der Waals surface area contributed by atoms with Crippen LogP contribution >= 0.6 is 0 Å². The molecule has 0 saturated carbocycles. The highest BCUT2D eigenvalue weighted by Crippen LogP contribution is 2.30. The number of rotatable bonds is 6. The summed E-state index contributed by atoms with van der Waals surface area (Å²) in [6.07, 6.45) is 7.34. The summed E-state index contributed by atoms with van der Waals surface area (Å²) >= 11 is 0. The number of nitrogens with one attached hydrogen (secondary N) is 2. The summed E-state index contributed by atoms with van der Waals surface area (Å²) in [4.78, 5) is 22.6. The van der Waals surface area contributed by atoms with Gasteiger partial charge in [-0.1, -0.05) is 36.4 Å². The maximum atomic E-state index is 13.7. The fourth-order valence-corrected chi connectivity index (χ4v) is 4.37. The Kier molecular flexibility index (Phi) is 6.49. The van der Waals surface area contributed by atoms with Crippen LogP contribution in [0.4, 0.5) is 15.9 Å². The van der Waals surface area contributed by atoms with Gasteiger partial charge in [0, 0.05) is 17.4 Å². The number of anilines is 2. The third-order valence-corrected chi connectivity index (χ3v) is 6.17. The summed E-state index contributed by atoms with van der Waals surface area (Å²) in [5.41, 5.74) is 9.00. The van der Waals surface area contributed by atoms with Crippen molar-refractivity contribution in [1.29, 1.82) is 0 Å². The zero-order valence-corrected chi connectivity index (χ0v) is 19.1. The zero-order chi connectivity index (χ0) is 24.2. The van der Waals surface area contributed by atoms with E-state index in [1.807, 2.05) is 41.2 Å². The molecule has 1 fully saturated rings. The van der Waals surface area contributed by atoms with Crippen molar-refractivity contribution in [2.75, 3.05) is 24.1 Å². The molecule has 178 valence electrons. The van der Waals surface area contributed by atoms with Crippen molar-refractivity contribution >= 4 is 17.4 Å². The van der Waals surface area contributed by atoms with Gasteiger partial charge in [0.15, 0.2) is 0 Å². The number of hydrogen-bond acceptors (Lipinski definition) is 6. The van der Waals surface area contributed by atoms with Crippen LogP contribution in [0.15, 0.2) is 73.2 Å². The van der Waals surface area contributed by atoms with E-state index in [0.717, 1.165) is 31.5 Å². The Morgan fingerprint density at radius 2 is 1.91 bits per heavy atom. The predicted octanol–water partition coefficient (Wildman–Crippen LogP) is 3.76. The second kappa shape index (κ2) is 10.0. The fourth-order valence-electron chi connectivity index (χ4n) is 4.37. The molecule has 35 heavy (non-hydrogen) atoms. The van der Waals surface area contributed by atoms with Crippen molar-refractivity contribution < 1.29 is 9.18 Å². The molecular weight excluding hydrogens is 445 g/mol. The molecule has 0 spiro atoms. The predicted molar refractivity (Wildman–Crippen MR) is 132 cm³/mol. The summed E-state index contributed by atoms with van der Waals surface area (Å²) in [5.74, 6) is -1.51. The van der Waals surface area contributed by atoms with Gasteiger partial charge < -0.3 is 16.4 Å². The monoisotopic (exact) mass is 471 g/mol. The van der Waals surface area contributed by atoms with Crippen LogP contribution in [-0.4, -0.2) is 38.7 Å². The minimum atomic E-state index is -0.841. The van der Waals surface area contributed by atoms with Crippen LogP contribution < -0.4 is 16.4 Å². The van der Waals surface area contributed by atoms with E-state index in [0.29, 0.717) is 28.7 Å². The molecule has 0 bridgehead atoms. The van der Waals surface area contributed by atoms with Crippen LogP contribution in [0, 0.1) is 5.82 Å². The number of amides is 1. The summed E-state index contributed by atoms with van der Waals surface area (Å²) in [7, 11) is 0. The first kappa shape index (κ1) is 22.7. The van der Waals surface area contributed by atoms with Crippen LogP contribution in [0.2, 0.25) is 0 Å². The molecule has 0 radical (unpaired) electrons. The van der Waals surface area contributed by atoms with Crippen LogP contribution in [0.3, 0.4) is 0 Å². The van der Waals surface area contributed by atoms with E-state index < -0.39 is 11.7 Å². The highest BCUT2D eigenvalue weighted by molar-refractivity contribution is 5.98. The van der Waals surface area contributed by atoms with Crippen molar-refractivity contribution in [1.82, 2.24) is 25.1 Å². The Hall–Kier alpha value is -4.11. The van der Waals surface area contributed by atoms with Gasteiger partial charge in [-0.05, 0) is 49.7 Å². The lowest BCUT2D eigenvalue weighted by molar-refractivity contribution is -0.116. The smallest absolute Gasteiger partial charge is 0.238 e. The summed E-state index contributed by atoms with van der Waals surface area (Å²) in [5, 5.41) is 10.7. The molecule has 2 aromatic carbocycles. The number of nitrogens with zero attached hydrogens (tertiary/aromatic N) is 4. The molecule has 0 unspecified atom stereocenters. The molecule has 1 saturated heterocycles. The number of carbonyl (C=O) groups is 1. The molecule has 4 aromatic rings. The standard InChI is InChI=1S/C26H26FN7O/c27-19-7-4-8-20(13-19)32-26(35)23(17-5-2-1-3-6-17)24-25(28)30-15-22(33-24)18-14-31-34(16-18)21-9-11-29-12-10-21/h1-8,13-16,21,23,29H,9-12H2,(H2,28,30)(H,32,35)/t23-/m1/s1. The lowest BCUT2D eigenvalue weighted by atomic mass is 9.94. The van der Waals surface area contributed by atoms with Gasteiger partial charge in [0.2, 0.25) is 5.91 Å². The number of nitrogens with two attached hydrogens (primary N) is 1. The number of piperidine rings is 1. The van der Waals surface area contributed by atoms with Crippen molar-refractivity contribution in [2.45, 2.75) is 24.8 Å². The number of aromatic nitrogens is 4. The summed E-state index contributed by atoms with van der Waals surface area (Å²) in [6, 6.07) is 15.3. The first-order chi connectivity index (χ1) is 17.1. The SMILES string of the molecule is Nc1ncc(-c2cnn(C3CCNCC3)c2)nc1[C@H](C(=O)Nc1cccc(F)c1)c1ccccc1. The molecule has 1 aliphatic rings. The largest absolute Gasteiger partial charge is 0.382 e. The van der Waals surface area contributed by atoms with Crippen molar-refractivity contribution in [3.05, 3.63) is 90.3 Å². The van der Waals surface area contributed by atoms with E-state index in [9.17, 15) is 9.18 Å². The van der Waals surface area contributed by atoms with Crippen molar-refractivity contribution in [3.63, 3.8) is 0 Å². The second-order valence-electron chi connectivity index (χ2n) is 8.56. The molecular formula is C26H26FN7O. The Morgan fingerprint density at radius 1 is 1.11 bits per heavy atom. The highest BCUT2D eigenvalue weighted by atomic mass is 19.1. The first-order valence-electron chi connectivity index (χ1n) is 11.6. The molecule has 8 nitrogen and oxygen atoms in total. The lowest BCUT2D eigenvalue weighted by Gasteiger charge is -2.22. The quantitative estimate of drug-likeness (QED) is 0.395. The van der Waals surface area contributed by atoms with Crippen LogP contribution in [0.25, 0.3) is 11.3 Å². The van der Waals surface area contributed by atoms with E-state index >= 15 is 0 Å². The topological polar surface area (TPSA) is 111 Å². The molecule has 2 aromatic heterocycles. The highest BCUT2D eigenvalue weighted by Gasteiger charge is 2.28. The van der Waals surface area contributed by atoms with Gasteiger partial charge in [0.1, 0.15) is 23.2 Å². The van der Waals surface area contributed by atoms with E-state index in [-0.39, 0.29) is 11.7 Å². The Balaban J connectivity index is 1.50. The number of hydrogen-bond donors (Lipinski definition) is 3. The van der Waals surface area contributed by atoms with Gasteiger partial charge in [0.25, 0.3) is 0 Å². The zero-order valence-electron chi connectivity index (χ0n) is 19.1. The van der Waals surface area contributed by atoms with Crippen LogP contribution in [0.5, 0.6) is 0 Å². The fraction of sp³-hybridized carbons (Fsp3) is 0.231. The minimum Gasteiger partial charge on any atom is -0.382 e. The van der Waals surface area contributed by atoms with E-state index in [1.54, 1.807) is 18.5 Å². The maximum Gasteiger partial charge on any atom is 0.238 e. The lowest BCUT2D eigenvalue weighted by Crippen LogP contribution is -2.29. The normalized spacial score (nSPS) is 15.0. The van der Waals surface area contributed by atoms with E-state index in [2.05, 4.69) is 20.7 Å². The van der Waals surface area contributed by atoms with E-state index in [4.69, 9.17) is 10.7 Å². The van der Waals surface area contributed by atoms with Crippen LogP contribution in [0.1, 0.15) is 36.1 Å². The van der Waals surface area contributed by atoms with Gasteiger partial charge in [-0.25, -0.2) is 14.4 Å². The molecule has 0 aliphatic carbocycles. The minimum absolute atomic E-state index is 0.155. The third kappa shape index (κ3) is 5.04. The van der Waals surface area contributed by atoms with Gasteiger partial charge in [0.05, 0.1) is 24.1 Å². The molecule has 1 amide bonds. The molecule has 9 heteroatoms. The maximum absolute atomic E-state index is 13.7. The Labute approximate surface area is 202 Å². The number of carbonyl (C=O) groups excluding carboxylic acids is 1. The average molecular weight is 472 g/mol. The van der Waals surface area contributed by atoms with Gasteiger partial charge >= 0.3 is 0 Å². The third-order valence-electron chi connectivity index (χ3n) is 6.17. The first-order valence-corrected chi connectivity index (χ1v) is 11.6. The van der Waals surface area contributed by atoms with Crippen LogP contribution in [-0.2, 0) is 4.79 Å². The van der Waals surface area contributed by atoms with Gasteiger partial charge in [-0.3, -0.25) is 9.48 Å². The molecule has 4 N–H and O–H groups in total. The van der Waals surface area contributed by atoms with Gasteiger partial charge in [-0.2, -0.15) is 5.10 Å². The number of nitrogen functional groups attached to an aromatic ring is 1. The number of benzene rings is 2. The molecule has 3 heterocycles. The van der Waals surface area contributed by atoms with Crippen molar-refractivity contribution in [3.8, 4) is 11.3 Å². The molecule has 1 aliphatic heterocycles.